The highest BCUT2D eigenvalue weighted by Gasteiger charge is 2.02. The normalized spacial score (nSPS) is 13.6. The van der Waals surface area contributed by atoms with Gasteiger partial charge in [-0.25, -0.2) is 0 Å². The molecule has 1 aliphatic carbocycles. The van der Waals surface area contributed by atoms with Crippen molar-refractivity contribution in [2.45, 2.75) is 25.7 Å². The Morgan fingerprint density at radius 3 is 2.36 bits per heavy atom. The van der Waals surface area contributed by atoms with Crippen LogP contribution in [0.1, 0.15) is 25.7 Å². The molecule has 0 spiro atoms. The van der Waals surface area contributed by atoms with Gasteiger partial charge in [0.15, 0.2) is 0 Å². The summed E-state index contributed by atoms with van der Waals surface area (Å²) in [6.45, 7) is 0. The molecule has 0 saturated carbocycles. The van der Waals surface area contributed by atoms with Gasteiger partial charge in [0, 0.05) is 18.4 Å². The van der Waals surface area contributed by atoms with E-state index in [0.29, 0.717) is 18.6 Å². The molecule has 0 atom stereocenters. The van der Waals surface area contributed by atoms with Gasteiger partial charge in [-0.2, -0.15) is 0 Å². The molecule has 0 bridgehead atoms. The summed E-state index contributed by atoms with van der Waals surface area (Å²) in [5.74, 6) is 0.386. The number of hydrogen-bond donors (Lipinski definition) is 1. The number of carbonyl (C=O) groups excluding carboxylic acids is 1. The number of halogens is 1. The van der Waals surface area contributed by atoms with Gasteiger partial charge in [-0.3, -0.25) is 4.79 Å². The second-order valence-electron chi connectivity index (χ2n) is 3.18. The summed E-state index contributed by atoms with van der Waals surface area (Å²) in [5.41, 5.74) is 0.863. The molecule has 0 aromatic heterocycles. The van der Waals surface area contributed by atoms with Gasteiger partial charge in [0.25, 0.3) is 0 Å². The molecule has 0 heterocycles. The lowest BCUT2D eigenvalue weighted by Gasteiger charge is -2.01. The van der Waals surface area contributed by atoms with Crippen molar-refractivity contribution in [3.8, 4) is 0 Å². The number of carbonyl (C=O) groups is 1. The van der Waals surface area contributed by atoms with E-state index in [1.807, 2.05) is 24.3 Å². The van der Waals surface area contributed by atoms with Crippen LogP contribution in [0.25, 0.3) is 0 Å². The van der Waals surface area contributed by atoms with Crippen LogP contribution in [0.3, 0.4) is 0 Å². The summed E-state index contributed by atoms with van der Waals surface area (Å²) < 4.78 is 0. The van der Waals surface area contributed by atoms with Crippen molar-refractivity contribution in [1.82, 2.24) is 0 Å². The Morgan fingerprint density at radius 2 is 1.79 bits per heavy atom. The second kappa shape index (κ2) is 5.66. The van der Waals surface area contributed by atoms with E-state index in [0.717, 1.165) is 18.4 Å². The van der Waals surface area contributed by atoms with E-state index in [1.165, 1.54) is 0 Å². The van der Waals surface area contributed by atoms with Gasteiger partial charge in [0.05, 0.1) is 5.76 Å². The van der Waals surface area contributed by atoms with Crippen LogP contribution >= 0.6 is 11.6 Å². The maximum absolute atomic E-state index is 10.4. The SMILES string of the molecule is O=C(Cl)CCCCC(O)=C1C=CC=C1. The Bertz CT molecular complexity index is 286. The topological polar surface area (TPSA) is 37.3 Å². The first-order chi connectivity index (χ1) is 6.70. The number of rotatable bonds is 5. The molecule has 3 heteroatoms. The van der Waals surface area contributed by atoms with Crippen molar-refractivity contribution < 1.29 is 9.90 Å². The zero-order valence-electron chi connectivity index (χ0n) is 7.87. The summed E-state index contributed by atoms with van der Waals surface area (Å²) in [5, 5.41) is 9.27. The maximum atomic E-state index is 10.4. The lowest BCUT2D eigenvalue weighted by molar-refractivity contribution is -0.111. The molecule has 0 unspecified atom stereocenters. The zero-order valence-corrected chi connectivity index (χ0v) is 8.63. The van der Waals surface area contributed by atoms with E-state index in [4.69, 9.17) is 11.6 Å². The Balaban J connectivity index is 2.25. The van der Waals surface area contributed by atoms with E-state index in [-0.39, 0.29) is 5.24 Å². The number of unbranched alkanes of at least 4 members (excludes halogenated alkanes) is 1. The van der Waals surface area contributed by atoms with Crippen LogP contribution < -0.4 is 0 Å². The van der Waals surface area contributed by atoms with Crippen molar-refractivity contribution in [2.75, 3.05) is 0 Å². The second-order valence-corrected chi connectivity index (χ2v) is 3.60. The highest BCUT2D eigenvalue weighted by Crippen LogP contribution is 2.16. The molecule has 0 aromatic rings. The van der Waals surface area contributed by atoms with Gasteiger partial charge in [0.1, 0.15) is 0 Å². The summed E-state index contributed by atoms with van der Waals surface area (Å²) in [6.07, 6.45) is 10.00. The maximum Gasteiger partial charge on any atom is 0.221 e. The van der Waals surface area contributed by atoms with Gasteiger partial charge in [-0.1, -0.05) is 24.3 Å². The summed E-state index contributed by atoms with van der Waals surface area (Å²) in [6, 6.07) is 0. The van der Waals surface area contributed by atoms with Crippen molar-refractivity contribution >= 4 is 16.8 Å². The predicted octanol–water partition coefficient (Wildman–Crippen LogP) is 3.25. The summed E-state index contributed by atoms with van der Waals surface area (Å²) in [7, 11) is 0. The van der Waals surface area contributed by atoms with Crippen LogP contribution in [-0.2, 0) is 4.79 Å². The summed E-state index contributed by atoms with van der Waals surface area (Å²) >= 11 is 5.18. The third-order valence-electron chi connectivity index (χ3n) is 2.03. The number of aliphatic hydroxyl groups is 1. The first-order valence-corrected chi connectivity index (χ1v) is 5.03. The van der Waals surface area contributed by atoms with Gasteiger partial charge in [-0.05, 0) is 24.4 Å². The van der Waals surface area contributed by atoms with E-state index in [2.05, 4.69) is 0 Å². The minimum absolute atomic E-state index is 0.308. The van der Waals surface area contributed by atoms with Crippen LogP contribution in [0.5, 0.6) is 0 Å². The first-order valence-electron chi connectivity index (χ1n) is 4.65. The van der Waals surface area contributed by atoms with Crippen LogP contribution in [-0.4, -0.2) is 10.3 Å². The van der Waals surface area contributed by atoms with Gasteiger partial charge < -0.3 is 5.11 Å². The van der Waals surface area contributed by atoms with Crippen LogP contribution in [0.4, 0.5) is 0 Å². The fourth-order valence-electron chi connectivity index (χ4n) is 1.27. The molecular formula is C11H13ClO2. The number of aliphatic hydroxyl groups excluding tert-OH is 1. The molecule has 0 saturated heterocycles. The van der Waals surface area contributed by atoms with E-state index in [9.17, 15) is 9.90 Å². The van der Waals surface area contributed by atoms with Crippen LogP contribution in [0.2, 0.25) is 0 Å². The van der Waals surface area contributed by atoms with Crippen molar-refractivity contribution in [3.63, 3.8) is 0 Å². The monoisotopic (exact) mass is 212 g/mol. The molecule has 1 rings (SSSR count). The Labute approximate surface area is 88.6 Å². The van der Waals surface area contributed by atoms with Gasteiger partial charge >= 0.3 is 0 Å². The standard InChI is InChI=1S/C11H13ClO2/c12-11(14)8-4-3-7-10(13)9-5-1-2-6-9/h1-2,5-6,13H,3-4,7-8H2. The Morgan fingerprint density at radius 1 is 1.21 bits per heavy atom. The number of hydrogen-bond acceptors (Lipinski definition) is 2. The third kappa shape index (κ3) is 3.79. The van der Waals surface area contributed by atoms with E-state index < -0.39 is 0 Å². The smallest absolute Gasteiger partial charge is 0.221 e. The van der Waals surface area contributed by atoms with Gasteiger partial charge in [0.2, 0.25) is 5.24 Å². The molecular weight excluding hydrogens is 200 g/mol. The highest BCUT2D eigenvalue weighted by atomic mass is 35.5. The fraction of sp³-hybridized carbons (Fsp3) is 0.364. The minimum atomic E-state index is -0.308. The lowest BCUT2D eigenvalue weighted by Crippen LogP contribution is -1.89. The minimum Gasteiger partial charge on any atom is -0.512 e. The lowest BCUT2D eigenvalue weighted by atomic mass is 10.1. The Hall–Kier alpha value is -1.02. The quantitative estimate of drug-likeness (QED) is 0.432. The molecule has 1 aliphatic rings. The number of allylic oxidation sites excluding steroid dienone is 6. The molecule has 0 amide bonds. The van der Waals surface area contributed by atoms with Gasteiger partial charge in [-0.15, -0.1) is 0 Å². The third-order valence-corrected chi connectivity index (χ3v) is 2.22. The average Bonchev–Trinajstić information content (AvgIpc) is 2.64. The van der Waals surface area contributed by atoms with E-state index in [1.54, 1.807) is 0 Å². The summed E-state index contributed by atoms with van der Waals surface area (Å²) in [4.78, 5) is 10.4. The van der Waals surface area contributed by atoms with Crippen molar-refractivity contribution in [1.29, 1.82) is 0 Å². The average molecular weight is 213 g/mol. The Kier molecular flexibility index (Phi) is 4.47. The molecule has 76 valence electrons. The molecule has 0 fully saturated rings. The zero-order chi connectivity index (χ0) is 10.4. The van der Waals surface area contributed by atoms with Crippen LogP contribution in [0, 0.1) is 0 Å². The molecule has 0 radical (unpaired) electrons. The van der Waals surface area contributed by atoms with E-state index >= 15 is 0 Å². The molecule has 0 aliphatic heterocycles. The molecule has 0 aromatic carbocycles. The largest absolute Gasteiger partial charge is 0.512 e. The van der Waals surface area contributed by atoms with Crippen molar-refractivity contribution in [3.05, 3.63) is 35.6 Å². The molecule has 14 heavy (non-hydrogen) atoms. The predicted molar refractivity (Wildman–Crippen MR) is 57.3 cm³/mol. The van der Waals surface area contributed by atoms with Crippen molar-refractivity contribution in [2.24, 2.45) is 0 Å². The van der Waals surface area contributed by atoms with Crippen LogP contribution in [0.15, 0.2) is 35.6 Å². The fourth-order valence-corrected chi connectivity index (χ4v) is 1.40. The molecule has 2 nitrogen and oxygen atoms in total. The first kappa shape index (κ1) is 11.1. The highest BCUT2D eigenvalue weighted by molar-refractivity contribution is 6.63. The molecule has 1 N–H and O–H groups in total.